The molecule has 2 fully saturated rings. The Morgan fingerprint density at radius 1 is 0.898 bits per heavy atom. The number of anilines is 1. The van der Waals surface area contributed by atoms with Gasteiger partial charge in [-0.25, -0.2) is 4.98 Å². The predicted molar refractivity (Wildman–Crippen MR) is 238 cm³/mol. The Hall–Kier alpha value is -5.05. The lowest BCUT2D eigenvalue weighted by atomic mass is 9.64. The first-order valence-corrected chi connectivity index (χ1v) is 21.9. The Balaban J connectivity index is 0.926. The third-order valence-corrected chi connectivity index (χ3v) is 12.9. The topological polar surface area (TPSA) is 127 Å². The molecule has 4 aromatic rings. The van der Waals surface area contributed by atoms with Crippen LogP contribution in [0.1, 0.15) is 96.7 Å². The highest BCUT2D eigenvalue weighted by Crippen LogP contribution is 2.42. The third kappa shape index (κ3) is 11.6. The molecule has 8 heteroatoms. The van der Waals surface area contributed by atoms with Crippen LogP contribution in [0.5, 0.6) is 11.5 Å². The van der Waals surface area contributed by atoms with Crippen molar-refractivity contribution in [2.45, 2.75) is 95.9 Å². The van der Waals surface area contributed by atoms with Crippen molar-refractivity contribution >= 4 is 23.5 Å². The minimum Gasteiger partial charge on any atom is -0.504 e. The number of rotatable bonds is 19. The Morgan fingerprint density at radius 3 is 2.53 bits per heavy atom. The van der Waals surface area contributed by atoms with Gasteiger partial charge in [-0.2, -0.15) is 0 Å². The largest absolute Gasteiger partial charge is 0.504 e. The van der Waals surface area contributed by atoms with E-state index in [9.17, 15) is 14.7 Å². The summed E-state index contributed by atoms with van der Waals surface area (Å²) in [5.41, 5.74) is 15.4. The van der Waals surface area contributed by atoms with Gasteiger partial charge in [0, 0.05) is 25.2 Å². The van der Waals surface area contributed by atoms with Gasteiger partial charge in [0.05, 0.1) is 13.5 Å². The summed E-state index contributed by atoms with van der Waals surface area (Å²) in [5, 5.41) is 18.2. The quantitative estimate of drug-likeness (QED) is 0.0322. The highest BCUT2D eigenvalue weighted by Gasteiger charge is 2.41. The molecule has 2 aliphatic heterocycles. The molecule has 59 heavy (non-hydrogen) atoms. The second-order valence-electron chi connectivity index (χ2n) is 17.0. The number of ketones is 2. The molecule has 0 saturated carbocycles. The molecular formula is C51H62N4O4. The number of phenolic OH excluding ortho intramolecular Hbond substituents is 1. The molecule has 5 N–H and O–H groups in total. The molecule has 4 unspecified atom stereocenters. The van der Waals surface area contributed by atoms with Crippen molar-refractivity contribution in [2.75, 3.05) is 32.5 Å². The number of nitrogen functional groups attached to an aromatic ring is 1. The van der Waals surface area contributed by atoms with Crippen LogP contribution >= 0.6 is 0 Å². The lowest BCUT2D eigenvalue weighted by Crippen LogP contribution is -2.52. The van der Waals surface area contributed by atoms with Crippen molar-refractivity contribution < 1.29 is 19.4 Å². The molecule has 7 rings (SSSR count). The van der Waals surface area contributed by atoms with Crippen LogP contribution in [-0.4, -0.2) is 54.4 Å². The number of carbonyl (C=O) groups excluding carboxylic acids is 2. The summed E-state index contributed by atoms with van der Waals surface area (Å²) in [4.78, 5) is 30.5. The molecule has 1 aliphatic carbocycles. The molecule has 8 nitrogen and oxygen atoms in total. The Kier molecular flexibility index (Phi) is 14.8. The number of Topliss-reactive ketones (excluding diaryl/α,β-unsaturated/α-hetero) is 1. The second-order valence-corrected chi connectivity index (χ2v) is 17.0. The number of aryl methyl sites for hydroxylation is 4. The highest BCUT2D eigenvalue weighted by atomic mass is 16.5. The SMILES string of the molecule is COc1cc(C=CC(=O)CC(=O)CCCCCC2C3NCCCC3=CC3CNCCC32)c(Cc2cnc(N)cc2CCc2cccc(CCc3ccccc3)c2)cc1O. The number of unbranched alkanes of at least 4 members (excludes halogenated alkanes) is 2. The van der Waals surface area contributed by atoms with Gasteiger partial charge in [-0.1, -0.05) is 85.2 Å². The standard InChI is InChI=1S/C51H62N4O4/c1-59-49-30-38(21-22-45(57)32-44(56)15-6-3-7-16-47-46-23-25-53-33-43(46)27-40-14-9-24-54-51(40)47)41(29-48(49)58)28-42-34-55-50(52)31-39(42)20-19-37-13-8-12-36(26-37)18-17-35-10-4-2-5-11-35/h2,4-5,8,10-13,21-22,26-27,29-31,34,43,46-47,51,53-54,58H,3,6-7,9,14-20,23-25,28,32-33H2,1H3,(H2,52,55). The van der Waals surface area contributed by atoms with Gasteiger partial charge in [0.2, 0.25) is 0 Å². The van der Waals surface area contributed by atoms with E-state index in [1.807, 2.05) is 12.1 Å². The maximum absolute atomic E-state index is 13.1. The van der Waals surface area contributed by atoms with Crippen molar-refractivity contribution in [3.05, 3.63) is 136 Å². The number of methoxy groups -OCH3 is 1. The number of phenols is 1. The molecule has 0 bridgehead atoms. The maximum Gasteiger partial charge on any atom is 0.163 e. The Morgan fingerprint density at radius 2 is 1.69 bits per heavy atom. The van der Waals surface area contributed by atoms with E-state index < -0.39 is 0 Å². The summed E-state index contributed by atoms with van der Waals surface area (Å²) in [6.07, 6.45) is 19.8. The van der Waals surface area contributed by atoms with E-state index in [1.165, 1.54) is 55.6 Å². The van der Waals surface area contributed by atoms with Crippen LogP contribution in [0, 0.1) is 17.8 Å². The number of nitrogens with two attached hydrogens (primary N) is 1. The lowest BCUT2D eigenvalue weighted by molar-refractivity contribution is -0.124. The van der Waals surface area contributed by atoms with Gasteiger partial charge in [0.15, 0.2) is 17.3 Å². The molecule has 3 heterocycles. The van der Waals surface area contributed by atoms with Gasteiger partial charge in [-0.3, -0.25) is 9.59 Å². The van der Waals surface area contributed by atoms with E-state index in [1.54, 1.807) is 30.0 Å². The van der Waals surface area contributed by atoms with Gasteiger partial charge < -0.3 is 26.2 Å². The van der Waals surface area contributed by atoms with Gasteiger partial charge in [-0.15, -0.1) is 0 Å². The number of carbonyl (C=O) groups is 2. The second kappa shape index (κ2) is 20.8. The van der Waals surface area contributed by atoms with E-state index >= 15 is 0 Å². The molecule has 0 radical (unpaired) electrons. The molecule has 1 aromatic heterocycles. The third-order valence-electron chi connectivity index (χ3n) is 12.9. The average Bonchev–Trinajstić information content (AvgIpc) is 3.25. The number of hydrogen-bond acceptors (Lipinski definition) is 8. The number of ether oxygens (including phenoxy) is 1. The molecule has 2 saturated heterocycles. The number of benzene rings is 3. The van der Waals surface area contributed by atoms with Gasteiger partial charge in [0.25, 0.3) is 0 Å². The fourth-order valence-electron chi connectivity index (χ4n) is 9.77. The van der Waals surface area contributed by atoms with Crippen LogP contribution < -0.4 is 21.1 Å². The number of pyridine rings is 1. The lowest BCUT2D eigenvalue weighted by Gasteiger charge is -2.47. The Bertz CT molecular complexity index is 2110. The molecule has 310 valence electrons. The molecule has 3 aromatic carbocycles. The normalized spacial score (nSPS) is 20.1. The minimum atomic E-state index is -0.226. The number of fused-ring (bicyclic) bond motifs is 2. The first kappa shape index (κ1) is 42.1. The smallest absolute Gasteiger partial charge is 0.163 e. The fourth-order valence-corrected chi connectivity index (χ4v) is 9.77. The van der Waals surface area contributed by atoms with Gasteiger partial charge in [-0.05, 0) is 158 Å². The summed E-state index contributed by atoms with van der Waals surface area (Å²) >= 11 is 0. The van der Waals surface area contributed by atoms with Crippen LogP contribution in [0.3, 0.4) is 0 Å². The number of piperidine rings is 2. The number of nitrogens with one attached hydrogen (secondary N) is 2. The predicted octanol–water partition coefficient (Wildman–Crippen LogP) is 8.57. The number of nitrogens with zero attached hydrogens (tertiary/aromatic N) is 1. The van der Waals surface area contributed by atoms with Crippen molar-refractivity contribution in [3.8, 4) is 11.5 Å². The van der Waals surface area contributed by atoms with E-state index in [2.05, 4.69) is 70.2 Å². The molecule has 0 amide bonds. The van der Waals surface area contributed by atoms with Crippen LogP contribution in [0.4, 0.5) is 5.82 Å². The van der Waals surface area contributed by atoms with Crippen LogP contribution in [0.2, 0.25) is 0 Å². The summed E-state index contributed by atoms with van der Waals surface area (Å²) in [6.45, 7) is 3.32. The van der Waals surface area contributed by atoms with E-state index in [-0.39, 0.29) is 23.7 Å². The molecule has 0 spiro atoms. The van der Waals surface area contributed by atoms with Crippen LogP contribution in [-0.2, 0) is 41.7 Å². The van der Waals surface area contributed by atoms with E-state index in [4.69, 9.17) is 10.5 Å². The first-order valence-electron chi connectivity index (χ1n) is 21.9. The number of aromatic nitrogens is 1. The Labute approximate surface area is 350 Å². The molecular weight excluding hydrogens is 733 g/mol. The highest BCUT2D eigenvalue weighted by molar-refractivity contribution is 6.06. The zero-order valence-corrected chi connectivity index (χ0v) is 34.8. The van der Waals surface area contributed by atoms with Crippen LogP contribution in [0.15, 0.2) is 96.7 Å². The number of allylic oxidation sites excluding steroid dienone is 1. The van der Waals surface area contributed by atoms with E-state index in [0.29, 0.717) is 42.3 Å². The number of hydrogen-bond donors (Lipinski definition) is 4. The van der Waals surface area contributed by atoms with Gasteiger partial charge >= 0.3 is 0 Å². The molecule has 4 atom stereocenters. The zero-order chi connectivity index (χ0) is 41.0. The average molecular weight is 795 g/mol. The monoisotopic (exact) mass is 794 g/mol. The summed E-state index contributed by atoms with van der Waals surface area (Å²) in [5.74, 6) is 2.62. The van der Waals surface area contributed by atoms with Crippen molar-refractivity contribution in [1.29, 1.82) is 0 Å². The van der Waals surface area contributed by atoms with Crippen molar-refractivity contribution in [3.63, 3.8) is 0 Å². The maximum atomic E-state index is 13.1. The zero-order valence-electron chi connectivity index (χ0n) is 34.8. The fraction of sp³-hybridized carbons (Fsp3) is 0.431. The number of aromatic hydroxyl groups is 1. The first-order chi connectivity index (χ1) is 28.8. The summed E-state index contributed by atoms with van der Waals surface area (Å²) in [6, 6.07) is 25.2. The van der Waals surface area contributed by atoms with Crippen molar-refractivity contribution in [2.24, 2.45) is 17.8 Å². The van der Waals surface area contributed by atoms with Gasteiger partial charge in [0.1, 0.15) is 11.6 Å². The van der Waals surface area contributed by atoms with Crippen LogP contribution in [0.25, 0.3) is 6.08 Å². The van der Waals surface area contributed by atoms with E-state index in [0.717, 1.165) is 92.8 Å². The summed E-state index contributed by atoms with van der Waals surface area (Å²) < 4.78 is 5.44. The van der Waals surface area contributed by atoms with Crippen molar-refractivity contribution in [1.82, 2.24) is 15.6 Å². The minimum absolute atomic E-state index is 0.0160. The molecule has 3 aliphatic rings. The summed E-state index contributed by atoms with van der Waals surface area (Å²) in [7, 11) is 1.51.